The Kier molecular flexibility index (Phi) is 6.35. The number of nitriles is 2. The van der Waals surface area contributed by atoms with Crippen LogP contribution in [0.4, 0.5) is 0 Å². The largest absolute Gasteiger partial charge is 0.497 e. The first-order valence-corrected chi connectivity index (χ1v) is 13.9. The molecule has 0 aliphatic heterocycles. The van der Waals surface area contributed by atoms with Crippen molar-refractivity contribution in [2.75, 3.05) is 7.11 Å². The minimum atomic E-state index is -1.71. The van der Waals surface area contributed by atoms with Crippen molar-refractivity contribution in [2.45, 2.75) is 15.3 Å². The number of nitrogens with two attached hydrogens (primary N) is 1. The molecule has 3 aromatic carbocycles. The first-order chi connectivity index (χ1) is 19.5. The summed E-state index contributed by atoms with van der Waals surface area (Å²) in [6, 6.07) is 28.8. The number of hydrogen-bond acceptors (Lipinski definition) is 9. The average molecular weight is 560 g/mol. The van der Waals surface area contributed by atoms with E-state index in [2.05, 4.69) is 12.1 Å². The van der Waals surface area contributed by atoms with Gasteiger partial charge in [0, 0.05) is 16.4 Å². The smallest absolute Gasteiger partial charge is 0.193 e. The quantitative estimate of drug-likeness (QED) is 0.334. The minimum absolute atomic E-state index is 0.0241. The van der Waals surface area contributed by atoms with E-state index in [1.165, 1.54) is 16.4 Å². The van der Waals surface area contributed by atoms with E-state index in [1.54, 1.807) is 42.7 Å². The Morgan fingerprint density at radius 1 is 1.02 bits per heavy atom. The highest BCUT2D eigenvalue weighted by molar-refractivity contribution is 8.01. The van der Waals surface area contributed by atoms with Crippen molar-refractivity contribution in [1.29, 1.82) is 15.9 Å². The van der Waals surface area contributed by atoms with E-state index in [-0.39, 0.29) is 11.2 Å². The number of rotatable bonds is 5. The molecule has 10 heteroatoms. The van der Waals surface area contributed by atoms with Crippen LogP contribution in [0.15, 0.2) is 88.2 Å². The molecule has 6 rings (SSSR count). The predicted molar refractivity (Wildman–Crippen MR) is 154 cm³/mol. The normalized spacial score (nSPS) is 15.5. The van der Waals surface area contributed by atoms with Crippen molar-refractivity contribution in [3.05, 3.63) is 100 Å². The zero-order valence-electron chi connectivity index (χ0n) is 21.2. The molecule has 1 unspecified atom stereocenters. The number of aromatic nitrogens is 3. The van der Waals surface area contributed by atoms with Crippen molar-refractivity contribution < 1.29 is 4.74 Å². The van der Waals surface area contributed by atoms with Gasteiger partial charge < -0.3 is 10.5 Å². The topological polar surface area (TPSA) is 137 Å². The third-order valence-corrected chi connectivity index (χ3v) is 9.01. The molecule has 0 fully saturated rings. The maximum absolute atomic E-state index is 10.4. The maximum Gasteiger partial charge on any atom is 0.193 e. The molecule has 1 atom stereocenters. The molecule has 0 saturated carbocycles. The lowest BCUT2D eigenvalue weighted by Gasteiger charge is -2.31. The zero-order valence-corrected chi connectivity index (χ0v) is 22.8. The fraction of sp³-hybridized carbons (Fsp3) is 0.100. The summed E-state index contributed by atoms with van der Waals surface area (Å²) in [6.45, 7) is 0. The number of methoxy groups -OCH3 is 1. The Balaban J connectivity index is 1.68. The summed E-state index contributed by atoms with van der Waals surface area (Å²) in [7, 11) is 1.58. The van der Waals surface area contributed by atoms with E-state index in [9.17, 15) is 10.5 Å². The van der Waals surface area contributed by atoms with Crippen LogP contribution >= 0.6 is 23.1 Å². The van der Waals surface area contributed by atoms with Crippen LogP contribution in [-0.2, 0) is 0 Å². The van der Waals surface area contributed by atoms with Crippen molar-refractivity contribution in [2.24, 2.45) is 11.1 Å². The van der Waals surface area contributed by atoms with Gasteiger partial charge in [-0.1, -0.05) is 48.5 Å². The van der Waals surface area contributed by atoms with Crippen LogP contribution in [0.3, 0.4) is 0 Å². The van der Waals surface area contributed by atoms with E-state index in [0.717, 1.165) is 20.1 Å². The molecule has 5 aromatic rings. The van der Waals surface area contributed by atoms with E-state index in [4.69, 9.17) is 26.0 Å². The molecule has 0 radical (unpaired) electrons. The summed E-state index contributed by atoms with van der Waals surface area (Å²) < 4.78 is 8.58. The fourth-order valence-corrected chi connectivity index (χ4v) is 6.95. The summed E-state index contributed by atoms with van der Waals surface area (Å²) in [5.41, 5.74) is 7.30. The molecule has 0 bridgehead atoms. The lowest BCUT2D eigenvalue weighted by molar-refractivity contribution is 0.414. The third-order valence-electron chi connectivity index (χ3n) is 6.92. The summed E-state index contributed by atoms with van der Waals surface area (Å²) in [5, 5.41) is 36.3. The summed E-state index contributed by atoms with van der Waals surface area (Å²) in [6.07, 6.45) is 1.85. The second-order valence-electron chi connectivity index (χ2n) is 9.10. The standard InChI is InChI=1S/C30H21N7OS2/c1-38-20-13-11-19(12-14-20)37-27(34)25-21(28(36-37)40-29-35-23-9-5-6-10-24(23)39-29)15-22(18-7-3-2-4-8-18)30(16-31,17-32)26(25)33/h2-15,22,34H,33H2,1H3. The zero-order chi connectivity index (χ0) is 27.9. The summed E-state index contributed by atoms with van der Waals surface area (Å²) in [4.78, 5) is 4.77. The van der Waals surface area contributed by atoms with Gasteiger partial charge >= 0.3 is 0 Å². The monoisotopic (exact) mass is 559 g/mol. The Labute approximate surface area is 237 Å². The Hall–Kier alpha value is -4.90. The molecule has 194 valence electrons. The molecule has 1 aliphatic rings. The molecule has 8 nitrogen and oxygen atoms in total. The van der Waals surface area contributed by atoms with E-state index < -0.39 is 11.3 Å². The van der Waals surface area contributed by atoms with Gasteiger partial charge in [0.25, 0.3) is 0 Å². The lowest BCUT2D eigenvalue weighted by atomic mass is 9.69. The number of nitrogens with one attached hydrogen (secondary N) is 1. The Morgan fingerprint density at radius 3 is 2.40 bits per heavy atom. The molecule has 40 heavy (non-hydrogen) atoms. The highest BCUT2D eigenvalue weighted by Crippen LogP contribution is 2.42. The number of hydrogen-bond donors (Lipinski definition) is 2. The van der Waals surface area contributed by atoms with Gasteiger partial charge in [-0.15, -0.1) is 11.3 Å². The van der Waals surface area contributed by atoms with Crippen LogP contribution in [0, 0.1) is 33.5 Å². The average Bonchev–Trinajstić information content (AvgIpc) is 3.41. The molecule has 0 amide bonds. The second-order valence-corrected chi connectivity index (χ2v) is 11.4. The molecule has 0 saturated heterocycles. The van der Waals surface area contributed by atoms with Crippen molar-refractivity contribution in [3.63, 3.8) is 0 Å². The minimum Gasteiger partial charge on any atom is -0.497 e. The van der Waals surface area contributed by atoms with Crippen molar-refractivity contribution >= 4 is 45.1 Å². The Morgan fingerprint density at radius 2 is 1.73 bits per heavy atom. The van der Waals surface area contributed by atoms with Gasteiger partial charge in [0.05, 0.1) is 40.8 Å². The molecular weight excluding hydrogens is 539 g/mol. The second kappa shape index (κ2) is 10.0. The van der Waals surface area contributed by atoms with Gasteiger partial charge in [-0.05, 0) is 53.7 Å². The van der Waals surface area contributed by atoms with Gasteiger partial charge in [-0.25, -0.2) is 9.67 Å². The highest BCUT2D eigenvalue weighted by Gasteiger charge is 2.45. The molecule has 3 N–H and O–H groups in total. The maximum atomic E-state index is 10.4. The van der Waals surface area contributed by atoms with Gasteiger partial charge in [0.15, 0.2) is 15.2 Å². The van der Waals surface area contributed by atoms with Gasteiger partial charge in [-0.3, -0.25) is 5.41 Å². The Bertz CT molecular complexity index is 1990. The van der Waals surface area contributed by atoms with Gasteiger partial charge in [-0.2, -0.15) is 15.6 Å². The first kappa shape index (κ1) is 25.4. The molecule has 1 aliphatic carbocycles. The summed E-state index contributed by atoms with van der Waals surface area (Å²) >= 11 is 2.91. The third kappa shape index (κ3) is 4.02. The van der Waals surface area contributed by atoms with Crippen LogP contribution in [0.5, 0.6) is 5.75 Å². The number of benzene rings is 3. The van der Waals surface area contributed by atoms with Crippen LogP contribution in [0.2, 0.25) is 0 Å². The van der Waals surface area contributed by atoms with Gasteiger partial charge in [0.1, 0.15) is 10.8 Å². The predicted octanol–water partition coefficient (Wildman–Crippen LogP) is 3.80. The van der Waals surface area contributed by atoms with E-state index in [0.29, 0.717) is 26.9 Å². The number of nitrogens with zero attached hydrogens (tertiary/aromatic N) is 5. The first-order valence-electron chi connectivity index (χ1n) is 12.2. The van der Waals surface area contributed by atoms with E-state index >= 15 is 0 Å². The van der Waals surface area contributed by atoms with Crippen LogP contribution in [0.1, 0.15) is 11.5 Å². The molecule has 0 spiro atoms. The lowest BCUT2D eigenvalue weighted by Crippen LogP contribution is -2.55. The highest BCUT2D eigenvalue weighted by atomic mass is 32.2. The van der Waals surface area contributed by atoms with E-state index in [1.807, 2.05) is 60.7 Å². The summed E-state index contributed by atoms with van der Waals surface area (Å²) in [5.74, 6) is -0.0000381. The van der Waals surface area contributed by atoms with Gasteiger partial charge in [0.2, 0.25) is 0 Å². The molecule has 2 heterocycles. The van der Waals surface area contributed by atoms with Crippen LogP contribution in [-0.4, -0.2) is 21.9 Å². The number of fused-ring (bicyclic) bond motifs is 2. The van der Waals surface area contributed by atoms with Crippen LogP contribution < -0.4 is 26.4 Å². The number of para-hydroxylation sites is 1. The van der Waals surface area contributed by atoms with Crippen LogP contribution in [0.25, 0.3) is 27.7 Å². The number of thiazole rings is 1. The molecular formula is C30H21N7OS2. The molecule has 2 aromatic heterocycles. The van der Waals surface area contributed by atoms with Crippen molar-refractivity contribution in [1.82, 2.24) is 14.8 Å². The fourth-order valence-electron chi connectivity index (χ4n) is 4.87. The SMILES string of the molecule is COc1ccc(-n2nc(Sc3nc4ccccc4s3)c3c(c2=N)=C(N)C(C#N)(C#N)C(c2ccccc2)C=3)cc1. The van der Waals surface area contributed by atoms with Crippen molar-refractivity contribution in [3.8, 4) is 23.6 Å². The number of ether oxygens (including phenoxy) is 1.